The van der Waals surface area contributed by atoms with Gasteiger partial charge in [-0.15, -0.1) is 0 Å². The lowest BCUT2D eigenvalue weighted by molar-refractivity contribution is -0.141. The van der Waals surface area contributed by atoms with Crippen LogP contribution in [0.2, 0.25) is 5.02 Å². The number of nitrogens with two attached hydrogens (primary N) is 1. The van der Waals surface area contributed by atoms with E-state index in [1.165, 1.54) is 35.1 Å². The SMILES string of the molecule is N#CCn1cc(-c2cnc3c(Nc4ccc(C(=O)NCC(=O)N5CC[C@H](N)C5)c(Cl)c4)nccn23)c(C(F)(F)F)n1.O=CO. The van der Waals surface area contributed by atoms with Crippen molar-refractivity contribution in [3.8, 4) is 17.3 Å². The normalized spacial score (nSPS) is 14.5. The van der Waals surface area contributed by atoms with Crippen molar-refractivity contribution in [3.63, 3.8) is 0 Å². The zero-order chi connectivity index (χ0) is 32.0. The third kappa shape index (κ3) is 7.04. The van der Waals surface area contributed by atoms with E-state index in [0.717, 1.165) is 10.9 Å². The van der Waals surface area contributed by atoms with Crippen molar-refractivity contribution in [2.45, 2.75) is 25.2 Å². The van der Waals surface area contributed by atoms with Crippen LogP contribution in [0.1, 0.15) is 22.5 Å². The number of hydrogen-bond donors (Lipinski definition) is 4. The highest BCUT2D eigenvalue weighted by atomic mass is 35.5. The average Bonchev–Trinajstić information content (AvgIpc) is 3.71. The van der Waals surface area contributed by atoms with Gasteiger partial charge in [-0.3, -0.25) is 23.5 Å². The molecule has 0 spiro atoms. The van der Waals surface area contributed by atoms with Gasteiger partial charge >= 0.3 is 6.18 Å². The Hall–Kier alpha value is -5.21. The molecule has 0 aliphatic carbocycles. The van der Waals surface area contributed by atoms with Crippen LogP contribution in [0.3, 0.4) is 0 Å². The summed E-state index contributed by atoms with van der Waals surface area (Å²) in [5.74, 6) is -0.563. The molecule has 0 saturated carbocycles. The number of anilines is 2. The summed E-state index contributed by atoms with van der Waals surface area (Å²) in [4.78, 5) is 43.4. The van der Waals surface area contributed by atoms with E-state index in [1.807, 2.05) is 0 Å². The van der Waals surface area contributed by atoms with Gasteiger partial charge in [-0.05, 0) is 24.6 Å². The second-order valence-electron chi connectivity index (χ2n) is 9.35. The van der Waals surface area contributed by atoms with E-state index in [1.54, 1.807) is 17.0 Å². The second-order valence-corrected chi connectivity index (χ2v) is 9.76. The van der Waals surface area contributed by atoms with Crippen LogP contribution in [-0.2, 0) is 22.3 Å². The minimum Gasteiger partial charge on any atom is -0.483 e. The zero-order valence-electron chi connectivity index (χ0n) is 22.6. The van der Waals surface area contributed by atoms with E-state index in [-0.39, 0.29) is 64.8 Å². The summed E-state index contributed by atoms with van der Waals surface area (Å²) in [5, 5.41) is 25.0. The molecule has 44 heavy (non-hydrogen) atoms. The van der Waals surface area contributed by atoms with E-state index in [9.17, 15) is 22.8 Å². The van der Waals surface area contributed by atoms with Crippen LogP contribution in [-0.4, -0.2) is 78.1 Å². The van der Waals surface area contributed by atoms with Crippen LogP contribution >= 0.6 is 11.6 Å². The molecule has 0 unspecified atom stereocenters. The van der Waals surface area contributed by atoms with Gasteiger partial charge in [0.15, 0.2) is 17.2 Å². The fourth-order valence-electron chi connectivity index (χ4n) is 4.47. The number of fused-ring (bicyclic) bond motifs is 1. The average molecular weight is 633 g/mol. The van der Waals surface area contributed by atoms with Crippen molar-refractivity contribution in [2.75, 3.05) is 25.0 Å². The van der Waals surface area contributed by atoms with Crippen molar-refractivity contribution in [1.82, 2.24) is 34.4 Å². The smallest absolute Gasteiger partial charge is 0.435 e. The third-order valence-electron chi connectivity index (χ3n) is 6.42. The molecular formula is C26H24ClF3N10O4. The van der Waals surface area contributed by atoms with E-state index < -0.39 is 17.8 Å². The predicted octanol–water partition coefficient (Wildman–Crippen LogP) is 2.52. The van der Waals surface area contributed by atoms with Crippen LogP contribution < -0.4 is 16.4 Å². The largest absolute Gasteiger partial charge is 0.483 e. The molecule has 1 saturated heterocycles. The van der Waals surface area contributed by atoms with Crippen LogP contribution in [0.4, 0.5) is 24.7 Å². The summed E-state index contributed by atoms with van der Waals surface area (Å²) in [5.41, 5.74) is 5.30. The third-order valence-corrected chi connectivity index (χ3v) is 6.73. The highest BCUT2D eigenvalue weighted by molar-refractivity contribution is 6.34. The van der Waals surface area contributed by atoms with Crippen molar-refractivity contribution < 1.29 is 32.7 Å². The number of carboxylic acid groups (broad SMARTS) is 1. The molecule has 14 nitrogen and oxygen atoms in total. The van der Waals surface area contributed by atoms with Crippen molar-refractivity contribution >= 4 is 47.0 Å². The molecule has 2 amide bonds. The summed E-state index contributed by atoms with van der Waals surface area (Å²) < 4.78 is 43.4. The van der Waals surface area contributed by atoms with Crippen LogP contribution in [0.5, 0.6) is 0 Å². The number of likely N-dealkylation sites (tertiary alicyclic amines) is 1. The lowest BCUT2D eigenvalue weighted by Crippen LogP contribution is -2.40. The monoisotopic (exact) mass is 632 g/mol. The standard InChI is InChI=1S/C25H22ClF3N10O2.CH2O2/c26-18-9-15(1-2-16(18)24(41)34-11-20(40)37-6-3-14(31)12-37)35-22-23-33-10-19(39(23)8-5-32-22)17-13-38(7-4-30)36-21(17)25(27,28)29;2-1-3/h1-2,5,8-10,13-14H,3,6-7,11-12,31H2,(H,32,35)(H,34,41);1H,(H,2,3)/t14-;/m0./s1. The molecule has 1 atom stereocenters. The highest BCUT2D eigenvalue weighted by Gasteiger charge is 2.38. The number of carbonyl (C=O) groups is 3. The van der Waals surface area contributed by atoms with Crippen molar-refractivity contribution in [2.24, 2.45) is 5.73 Å². The maximum atomic E-state index is 13.7. The Kier molecular flexibility index (Phi) is 9.66. The molecule has 5 N–H and O–H groups in total. The number of imidazole rings is 1. The van der Waals surface area contributed by atoms with Crippen LogP contribution in [0.25, 0.3) is 16.9 Å². The van der Waals surface area contributed by atoms with Crippen LogP contribution in [0.15, 0.2) is 43.0 Å². The fraction of sp³-hybridized carbons (Fsp3) is 0.269. The first-order valence-electron chi connectivity index (χ1n) is 12.8. The molecule has 1 aromatic carbocycles. The van der Waals surface area contributed by atoms with Gasteiger partial charge in [-0.2, -0.15) is 23.5 Å². The Labute approximate surface area is 251 Å². The minimum atomic E-state index is -4.76. The number of carbonyl (C=O) groups excluding carboxylic acids is 2. The van der Waals surface area contributed by atoms with Gasteiger partial charge in [0.1, 0.15) is 6.54 Å². The Bertz CT molecular complexity index is 1730. The molecule has 18 heteroatoms. The Morgan fingerprint density at radius 3 is 2.68 bits per heavy atom. The Morgan fingerprint density at radius 1 is 1.30 bits per heavy atom. The highest BCUT2D eigenvalue weighted by Crippen LogP contribution is 2.37. The molecule has 4 heterocycles. The van der Waals surface area contributed by atoms with E-state index in [0.29, 0.717) is 25.2 Å². The van der Waals surface area contributed by atoms with E-state index in [2.05, 4.69) is 25.7 Å². The van der Waals surface area contributed by atoms with Gasteiger partial charge in [-0.25, -0.2) is 9.97 Å². The summed E-state index contributed by atoms with van der Waals surface area (Å²) in [7, 11) is 0. The maximum Gasteiger partial charge on any atom is 0.435 e. The van der Waals surface area contributed by atoms with Gasteiger partial charge in [-0.1, -0.05) is 11.6 Å². The topological polar surface area (TPSA) is 197 Å². The predicted molar refractivity (Wildman–Crippen MR) is 150 cm³/mol. The first-order chi connectivity index (χ1) is 21.0. The number of amides is 2. The maximum absolute atomic E-state index is 13.7. The number of nitrogens with zero attached hydrogens (tertiary/aromatic N) is 7. The molecule has 1 fully saturated rings. The minimum absolute atomic E-state index is 0.0659. The number of alkyl halides is 3. The molecule has 5 rings (SSSR count). The molecule has 1 aliphatic heterocycles. The summed E-state index contributed by atoms with van der Waals surface area (Å²) in [6.07, 6.45) is 1.17. The molecule has 4 aromatic rings. The summed E-state index contributed by atoms with van der Waals surface area (Å²) in [6.45, 7) is 0.195. The molecule has 0 bridgehead atoms. The number of nitrogens with one attached hydrogen (secondary N) is 2. The summed E-state index contributed by atoms with van der Waals surface area (Å²) >= 11 is 6.35. The Morgan fingerprint density at radius 2 is 2.05 bits per heavy atom. The number of rotatable bonds is 7. The summed E-state index contributed by atoms with van der Waals surface area (Å²) in [6, 6.07) is 6.20. The zero-order valence-corrected chi connectivity index (χ0v) is 23.4. The number of aromatic nitrogens is 5. The van der Waals surface area contributed by atoms with Gasteiger partial charge in [0, 0.05) is 43.4 Å². The Balaban J connectivity index is 0.00000141. The lowest BCUT2D eigenvalue weighted by Gasteiger charge is -2.16. The van der Waals surface area contributed by atoms with Crippen molar-refractivity contribution in [1.29, 1.82) is 5.26 Å². The van der Waals surface area contributed by atoms with Gasteiger partial charge < -0.3 is 26.4 Å². The molecule has 0 radical (unpaired) electrons. The molecular weight excluding hydrogens is 609 g/mol. The van der Waals surface area contributed by atoms with Gasteiger partial charge in [0.25, 0.3) is 12.4 Å². The fourth-order valence-corrected chi connectivity index (χ4v) is 4.74. The molecule has 230 valence electrons. The number of halogens is 4. The second kappa shape index (κ2) is 13.4. The van der Waals surface area contributed by atoms with Gasteiger partial charge in [0.05, 0.1) is 40.7 Å². The first-order valence-corrected chi connectivity index (χ1v) is 13.1. The number of benzene rings is 1. The lowest BCUT2D eigenvalue weighted by atomic mass is 10.2. The molecule has 1 aliphatic rings. The van der Waals surface area contributed by atoms with Gasteiger partial charge in [0.2, 0.25) is 5.91 Å². The van der Waals surface area contributed by atoms with E-state index in [4.69, 9.17) is 32.5 Å². The first kappa shape index (κ1) is 31.7. The quantitative estimate of drug-likeness (QED) is 0.220. The van der Waals surface area contributed by atoms with E-state index >= 15 is 0 Å². The number of hydrogen-bond acceptors (Lipinski definition) is 9. The number of nitriles is 1. The van der Waals surface area contributed by atoms with Crippen LogP contribution in [0, 0.1) is 11.3 Å². The molecule has 3 aromatic heterocycles. The van der Waals surface area contributed by atoms with Crippen molar-refractivity contribution in [3.05, 3.63) is 59.3 Å².